The largest absolute Gasteiger partial charge is 0.481 e. The average Bonchev–Trinajstić information content (AvgIpc) is 2.89. The lowest BCUT2D eigenvalue weighted by molar-refractivity contribution is -0.147. The fraction of sp³-hybridized carbons (Fsp3) is 0.900. The monoisotopic (exact) mass is 548 g/mol. The van der Waals surface area contributed by atoms with Gasteiger partial charge in [0.05, 0.1) is 6.61 Å². The highest BCUT2D eigenvalue weighted by Gasteiger charge is 2.07. The van der Waals surface area contributed by atoms with Gasteiger partial charge in [0.15, 0.2) is 0 Å². The molecule has 228 valence electrons. The number of hydrogen-bond donors (Lipinski definition) is 4. The van der Waals surface area contributed by atoms with Crippen molar-refractivity contribution < 1.29 is 39.5 Å². The predicted octanol–water partition coefficient (Wildman–Crippen LogP) is 7.28. The molecule has 0 aliphatic rings. The molecule has 8 nitrogen and oxygen atoms in total. The van der Waals surface area contributed by atoms with E-state index in [1.165, 1.54) is 77.0 Å². The van der Waals surface area contributed by atoms with Crippen LogP contribution in [0, 0.1) is 0 Å². The van der Waals surface area contributed by atoms with E-state index >= 15 is 0 Å². The Kier molecular flexibility index (Phi) is 38.0. The maximum absolute atomic E-state index is 11.1. The van der Waals surface area contributed by atoms with E-state index in [9.17, 15) is 14.4 Å². The Bertz CT molecular complexity index is 484. The Balaban J connectivity index is -0.000000498. The molecule has 0 bridgehead atoms. The number of esters is 1. The zero-order valence-electron chi connectivity index (χ0n) is 24.8. The molecule has 0 aliphatic heterocycles. The standard InChI is InChI=1S/C12H24O4.2C9H18O2/c1-2-3-4-5-6-7-8-12(15)16-10-11(14)9-13;2*1-2-3-4-5-6-7-8-9(10)11/h11,13-14H,2-10H2,1H3;2*2-8H2,1H3,(H,10,11). The zero-order chi connectivity index (χ0) is 29.3. The van der Waals surface area contributed by atoms with Crippen LogP contribution in [0.15, 0.2) is 0 Å². The van der Waals surface area contributed by atoms with Crippen molar-refractivity contribution in [3.63, 3.8) is 0 Å². The first kappa shape index (κ1) is 40.8. The van der Waals surface area contributed by atoms with E-state index in [-0.39, 0.29) is 19.2 Å². The summed E-state index contributed by atoms with van der Waals surface area (Å²) in [4.78, 5) is 31.3. The van der Waals surface area contributed by atoms with Gasteiger partial charge < -0.3 is 25.2 Å². The second kappa shape index (κ2) is 35.3. The highest BCUT2D eigenvalue weighted by atomic mass is 16.5. The van der Waals surface area contributed by atoms with Crippen molar-refractivity contribution in [2.75, 3.05) is 13.2 Å². The molecule has 0 aromatic heterocycles. The quantitative estimate of drug-likeness (QED) is 0.0728. The van der Waals surface area contributed by atoms with Gasteiger partial charge in [-0.05, 0) is 19.3 Å². The Morgan fingerprint density at radius 1 is 0.553 bits per heavy atom. The molecule has 0 spiro atoms. The van der Waals surface area contributed by atoms with E-state index in [0.717, 1.165) is 38.5 Å². The van der Waals surface area contributed by atoms with Crippen LogP contribution < -0.4 is 0 Å². The molecule has 4 N–H and O–H groups in total. The van der Waals surface area contributed by atoms with Gasteiger partial charge in [0.1, 0.15) is 12.7 Å². The SMILES string of the molecule is CCCCCCCCC(=O)O.CCCCCCCCC(=O)O.CCCCCCCCC(=O)OCC(O)CO. The number of hydrogen-bond acceptors (Lipinski definition) is 6. The van der Waals surface area contributed by atoms with Crippen LogP contribution >= 0.6 is 0 Å². The van der Waals surface area contributed by atoms with Gasteiger partial charge >= 0.3 is 17.9 Å². The van der Waals surface area contributed by atoms with Gasteiger partial charge in [-0.25, -0.2) is 0 Å². The lowest BCUT2D eigenvalue weighted by Crippen LogP contribution is -2.21. The summed E-state index contributed by atoms with van der Waals surface area (Å²) in [6.45, 7) is 6.05. The second-order valence-corrected chi connectivity index (χ2v) is 9.86. The first-order valence-electron chi connectivity index (χ1n) is 15.1. The summed E-state index contributed by atoms with van der Waals surface area (Å²) in [6.07, 6.45) is 20.7. The highest BCUT2D eigenvalue weighted by Crippen LogP contribution is 2.08. The van der Waals surface area contributed by atoms with Crippen LogP contribution in [0.1, 0.15) is 156 Å². The molecule has 0 aromatic carbocycles. The summed E-state index contributed by atoms with van der Waals surface area (Å²) < 4.78 is 4.77. The number of carboxylic acids is 2. The van der Waals surface area contributed by atoms with Crippen LogP contribution in [-0.4, -0.2) is 57.7 Å². The minimum Gasteiger partial charge on any atom is -0.481 e. The number of aliphatic hydroxyl groups is 2. The normalized spacial score (nSPS) is 11.0. The highest BCUT2D eigenvalue weighted by molar-refractivity contribution is 5.69. The maximum Gasteiger partial charge on any atom is 0.305 e. The summed E-state index contributed by atoms with van der Waals surface area (Å²) in [5.41, 5.74) is 0. The summed E-state index contributed by atoms with van der Waals surface area (Å²) in [7, 11) is 0. The molecule has 0 aliphatic carbocycles. The lowest BCUT2D eigenvalue weighted by atomic mass is 10.1. The third kappa shape index (κ3) is 44.3. The number of carboxylic acid groups (broad SMARTS) is 2. The van der Waals surface area contributed by atoms with Crippen molar-refractivity contribution in [1.82, 2.24) is 0 Å². The summed E-state index contributed by atoms with van der Waals surface area (Å²) >= 11 is 0. The fourth-order valence-corrected chi connectivity index (χ4v) is 3.48. The van der Waals surface area contributed by atoms with Crippen molar-refractivity contribution in [3.8, 4) is 0 Å². The molecule has 0 saturated carbocycles. The predicted molar refractivity (Wildman–Crippen MR) is 153 cm³/mol. The number of ether oxygens (including phenoxy) is 1. The van der Waals surface area contributed by atoms with Crippen molar-refractivity contribution in [1.29, 1.82) is 0 Å². The van der Waals surface area contributed by atoms with Crippen LogP contribution in [-0.2, 0) is 19.1 Å². The van der Waals surface area contributed by atoms with Gasteiger partial charge in [0.2, 0.25) is 0 Å². The molecular formula is C30H60O8. The molecule has 0 amide bonds. The van der Waals surface area contributed by atoms with Crippen molar-refractivity contribution >= 4 is 17.9 Å². The van der Waals surface area contributed by atoms with E-state index in [1.54, 1.807) is 0 Å². The number of aliphatic hydroxyl groups excluding tert-OH is 2. The summed E-state index contributed by atoms with van der Waals surface area (Å²) in [5.74, 6) is -1.62. The van der Waals surface area contributed by atoms with E-state index in [0.29, 0.717) is 19.3 Å². The van der Waals surface area contributed by atoms with Crippen molar-refractivity contribution in [2.24, 2.45) is 0 Å². The lowest BCUT2D eigenvalue weighted by Gasteiger charge is -2.08. The number of rotatable bonds is 24. The smallest absolute Gasteiger partial charge is 0.305 e. The van der Waals surface area contributed by atoms with E-state index in [1.807, 2.05) is 0 Å². The summed E-state index contributed by atoms with van der Waals surface area (Å²) in [6, 6.07) is 0. The van der Waals surface area contributed by atoms with Crippen molar-refractivity contribution in [3.05, 3.63) is 0 Å². The van der Waals surface area contributed by atoms with Crippen LogP contribution in [0.3, 0.4) is 0 Å². The molecule has 0 heterocycles. The van der Waals surface area contributed by atoms with Crippen molar-refractivity contribution in [2.45, 2.75) is 162 Å². The number of aliphatic carboxylic acids is 2. The number of carbonyl (C=O) groups excluding carboxylic acids is 1. The number of unbranched alkanes of at least 4 members (excludes halogenated alkanes) is 15. The van der Waals surface area contributed by atoms with Gasteiger partial charge in [-0.1, -0.05) is 117 Å². The zero-order valence-corrected chi connectivity index (χ0v) is 24.8. The Morgan fingerprint density at radius 3 is 1.18 bits per heavy atom. The molecule has 0 rings (SSSR count). The van der Waals surface area contributed by atoms with E-state index in [4.69, 9.17) is 25.2 Å². The van der Waals surface area contributed by atoms with Gasteiger partial charge in [-0.2, -0.15) is 0 Å². The molecule has 1 unspecified atom stereocenters. The van der Waals surface area contributed by atoms with E-state index in [2.05, 4.69) is 20.8 Å². The third-order valence-corrected chi connectivity index (χ3v) is 5.87. The first-order valence-corrected chi connectivity index (χ1v) is 15.1. The molecule has 0 radical (unpaired) electrons. The molecule has 1 atom stereocenters. The Hall–Kier alpha value is -1.67. The van der Waals surface area contributed by atoms with Crippen LogP contribution in [0.4, 0.5) is 0 Å². The first-order chi connectivity index (χ1) is 18.2. The molecule has 0 fully saturated rings. The molecule has 8 heteroatoms. The van der Waals surface area contributed by atoms with Gasteiger partial charge in [0.25, 0.3) is 0 Å². The van der Waals surface area contributed by atoms with Gasteiger partial charge in [0, 0.05) is 19.3 Å². The fourth-order valence-electron chi connectivity index (χ4n) is 3.48. The van der Waals surface area contributed by atoms with Crippen LogP contribution in [0.25, 0.3) is 0 Å². The second-order valence-electron chi connectivity index (χ2n) is 9.86. The molecule has 0 saturated heterocycles. The number of carbonyl (C=O) groups is 3. The maximum atomic E-state index is 11.1. The molecule has 38 heavy (non-hydrogen) atoms. The van der Waals surface area contributed by atoms with Gasteiger partial charge in [-0.15, -0.1) is 0 Å². The third-order valence-electron chi connectivity index (χ3n) is 5.87. The molecular weight excluding hydrogens is 488 g/mol. The summed E-state index contributed by atoms with van der Waals surface area (Å²) in [5, 5.41) is 34.1. The van der Waals surface area contributed by atoms with Crippen LogP contribution in [0.5, 0.6) is 0 Å². The minimum atomic E-state index is -0.950. The van der Waals surface area contributed by atoms with Crippen LogP contribution in [0.2, 0.25) is 0 Å². The Labute approximate surface area is 232 Å². The minimum absolute atomic E-state index is 0.106. The van der Waals surface area contributed by atoms with Gasteiger partial charge in [-0.3, -0.25) is 14.4 Å². The molecule has 0 aromatic rings. The average molecular weight is 549 g/mol. The van der Waals surface area contributed by atoms with E-state index < -0.39 is 18.0 Å². The topological polar surface area (TPSA) is 141 Å². The Morgan fingerprint density at radius 2 is 0.868 bits per heavy atom.